The van der Waals surface area contributed by atoms with Crippen LogP contribution in [0.4, 0.5) is 0 Å². The van der Waals surface area contributed by atoms with Crippen LogP contribution in [0.2, 0.25) is 0 Å². The number of hydrogen-bond acceptors (Lipinski definition) is 5. The van der Waals surface area contributed by atoms with Crippen LogP contribution in [0.15, 0.2) is 11.6 Å². The smallest absolute Gasteiger partial charge is 0.349 e. The van der Waals surface area contributed by atoms with E-state index < -0.39 is 12.1 Å². The van der Waals surface area contributed by atoms with Gasteiger partial charge in [0.15, 0.2) is 6.10 Å². The SMILES string of the molecule is CCCn1c(C)cc(C=C(C#N)C(=O)OC(C)C(=O)N2CCN(CC)CC2)c1C. The fraction of sp³-hybridized carbons (Fsp3) is 0.591. The van der Waals surface area contributed by atoms with Gasteiger partial charge in [-0.05, 0) is 51.4 Å². The number of nitriles is 1. The fourth-order valence-corrected chi connectivity index (χ4v) is 3.65. The van der Waals surface area contributed by atoms with E-state index in [1.54, 1.807) is 17.9 Å². The number of amides is 1. The molecule has 1 atom stereocenters. The summed E-state index contributed by atoms with van der Waals surface area (Å²) in [6.07, 6.45) is 1.63. The quantitative estimate of drug-likeness (QED) is 0.399. The van der Waals surface area contributed by atoms with Crippen molar-refractivity contribution in [3.8, 4) is 6.07 Å². The summed E-state index contributed by atoms with van der Waals surface area (Å²) >= 11 is 0. The predicted octanol–water partition coefficient (Wildman–Crippen LogP) is 2.52. The minimum absolute atomic E-state index is 0.0998. The molecule has 1 amide bonds. The second-order valence-corrected chi connectivity index (χ2v) is 7.46. The largest absolute Gasteiger partial charge is 0.448 e. The first kappa shape index (κ1) is 22.7. The van der Waals surface area contributed by atoms with Crippen LogP contribution in [0, 0.1) is 25.2 Å². The molecule has 1 aromatic heterocycles. The van der Waals surface area contributed by atoms with E-state index in [1.165, 1.54) is 0 Å². The number of nitrogens with zero attached hydrogens (tertiary/aromatic N) is 4. The Morgan fingerprint density at radius 1 is 1.24 bits per heavy atom. The molecule has 1 fully saturated rings. The number of rotatable bonds is 7. The highest BCUT2D eigenvalue weighted by atomic mass is 16.5. The first-order valence-corrected chi connectivity index (χ1v) is 10.3. The van der Waals surface area contributed by atoms with Crippen molar-refractivity contribution in [2.24, 2.45) is 0 Å². The van der Waals surface area contributed by atoms with Gasteiger partial charge in [0, 0.05) is 44.1 Å². The summed E-state index contributed by atoms with van der Waals surface area (Å²) in [6, 6.07) is 3.88. The number of esters is 1. The summed E-state index contributed by atoms with van der Waals surface area (Å²) in [4.78, 5) is 29.1. The maximum Gasteiger partial charge on any atom is 0.349 e. The van der Waals surface area contributed by atoms with Crippen molar-refractivity contribution in [1.29, 1.82) is 5.26 Å². The van der Waals surface area contributed by atoms with E-state index in [1.807, 2.05) is 26.0 Å². The van der Waals surface area contributed by atoms with E-state index in [0.29, 0.717) is 13.1 Å². The van der Waals surface area contributed by atoms with Gasteiger partial charge in [0.05, 0.1) is 0 Å². The minimum atomic E-state index is -0.917. The number of hydrogen-bond donors (Lipinski definition) is 0. The average molecular weight is 401 g/mol. The third-order valence-electron chi connectivity index (χ3n) is 5.46. The first-order valence-electron chi connectivity index (χ1n) is 10.3. The molecule has 1 aromatic rings. The molecule has 1 aliphatic heterocycles. The molecule has 0 N–H and O–H groups in total. The van der Waals surface area contributed by atoms with E-state index in [-0.39, 0.29) is 11.5 Å². The lowest BCUT2D eigenvalue weighted by molar-refractivity contribution is -0.156. The van der Waals surface area contributed by atoms with Crippen LogP contribution in [-0.2, 0) is 20.9 Å². The lowest BCUT2D eigenvalue weighted by Gasteiger charge is -2.35. The molecule has 1 saturated heterocycles. The zero-order valence-corrected chi connectivity index (χ0v) is 18.2. The summed E-state index contributed by atoms with van der Waals surface area (Å²) in [7, 11) is 0. The van der Waals surface area contributed by atoms with Crippen LogP contribution in [0.25, 0.3) is 6.08 Å². The van der Waals surface area contributed by atoms with Gasteiger partial charge in [-0.1, -0.05) is 13.8 Å². The minimum Gasteiger partial charge on any atom is -0.448 e. The second-order valence-electron chi connectivity index (χ2n) is 7.46. The van der Waals surface area contributed by atoms with Crippen LogP contribution < -0.4 is 0 Å². The predicted molar refractivity (Wildman–Crippen MR) is 112 cm³/mol. The number of aryl methyl sites for hydroxylation is 1. The van der Waals surface area contributed by atoms with Crippen molar-refractivity contribution < 1.29 is 14.3 Å². The third-order valence-corrected chi connectivity index (χ3v) is 5.46. The molecule has 7 heteroatoms. The standard InChI is InChI=1S/C22H32N4O3/c1-6-8-26-16(3)13-19(17(26)4)14-20(15-23)22(28)29-18(5)21(27)25-11-9-24(7-2)10-12-25/h13-14,18H,6-12H2,1-5H3. The van der Waals surface area contributed by atoms with Crippen LogP contribution in [-0.4, -0.2) is 65.1 Å². The number of carbonyl (C=O) groups excluding carboxylic acids is 2. The van der Waals surface area contributed by atoms with Crippen LogP contribution in [0.5, 0.6) is 0 Å². The number of piperazine rings is 1. The van der Waals surface area contributed by atoms with Crippen molar-refractivity contribution in [2.45, 2.75) is 53.7 Å². The van der Waals surface area contributed by atoms with Gasteiger partial charge in [0.2, 0.25) is 0 Å². The normalized spacial score (nSPS) is 16.4. The van der Waals surface area contributed by atoms with E-state index in [9.17, 15) is 14.9 Å². The molecule has 0 bridgehead atoms. The maximum absolute atomic E-state index is 12.6. The van der Waals surface area contributed by atoms with Crippen molar-refractivity contribution in [3.05, 3.63) is 28.6 Å². The van der Waals surface area contributed by atoms with Gasteiger partial charge >= 0.3 is 5.97 Å². The van der Waals surface area contributed by atoms with Crippen LogP contribution >= 0.6 is 0 Å². The molecule has 7 nitrogen and oxygen atoms in total. The lowest BCUT2D eigenvalue weighted by atomic mass is 10.1. The Hall–Kier alpha value is -2.59. The highest BCUT2D eigenvalue weighted by Crippen LogP contribution is 2.19. The Labute approximate surface area is 173 Å². The topological polar surface area (TPSA) is 78.6 Å². The van der Waals surface area contributed by atoms with Crippen molar-refractivity contribution in [2.75, 3.05) is 32.7 Å². The Balaban J connectivity index is 2.06. The van der Waals surface area contributed by atoms with Crippen LogP contribution in [0.3, 0.4) is 0 Å². The molecule has 0 aromatic carbocycles. The van der Waals surface area contributed by atoms with Gasteiger partial charge in [-0.15, -0.1) is 0 Å². The summed E-state index contributed by atoms with van der Waals surface area (Å²) in [5.74, 6) is -0.978. The molecular weight excluding hydrogens is 368 g/mol. The molecule has 0 radical (unpaired) electrons. The Morgan fingerprint density at radius 2 is 1.90 bits per heavy atom. The van der Waals surface area contributed by atoms with E-state index in [4.69, 9.17) is 4.74 Å². The summed E-state index contributed by atoms with van der Waals surface area (Å²) in [5.41, 5.74) is 2.80. The van der Waals surface area contributed by atoms with E-state index in [2.05, 4.69) is 23.3 Å². The zero-order chi connectivity index (χ0) is 21.6. The number of aromatic nitrogens is 1. The monoisotopic (exact) mass is 400 g/mol. The van der Waals surface area contributed by atoms with E-state index >= 15 is 0 Å². The van der Waals surface area contributed by atoms with Gasteiger partial charge in [-0.3, -0.25) is 4.79 Å². The maximum atomic E-state index is 12.6. The highest BCUT2D eigenvalue weighted by molar-refractivity contribution is 5.99. The molecule has 29 heavy (non-hydrogen) atoms. The van der Waals surface area contributed by atoms with Crippen LogP contribution in [0.1, 0.15) is 44.1 Å². The van der Waals surface area contributed by atoms with Gasteiger partial charge in [-0.2, -0.15) is 5.26 Å². The van der Waals surface area contributed by atoms with Gasteiger partial charge in [0.1, 0.15) is 11.6 Å². The van der Waals surface area contributed by atoms with Crippen molar-refractivity contribution >= 4 is 18.0 Å². The molecule has 1 unspecified atom stereocenters. The van der Waals surface area contributed by atoms with Gasteiger partial charge < -0.3 is 19.1 Å². The summed E-state index contributed by atoms with van der Waals surface area (Å²) in [5, 5.41) is 9.46. The van der Waals surface area contributed by atoms with Gasteiger partial charge in [0.25, 0.3) is 5.91 Å². The molecule has 1 aliphatic rings. The molecule has 158 valence electrons. The molecule has 0 spiro atoms. The number of ether oxygens (including phenoxy) is 1. The summed E-state index contributed by atoms with van der Waals surface area (Å²) < 4.78 is 7.49. The Kier molecular flexibility index (Phi) is 8.03. The first-order chi connectivity index (χ1) is 13.8. The Morgan fingerprint density at radius 3 is 2.45 bits per heavy atom. The van der Waals surface area contributed by atoms with Crippen molar-refractivity contribution in [3.63, 3.8) is 0 Å². The molecular formula is C22H32N4O3. The van der Waals surface area contributed by atoms with E-state index in [0.717, 1.165) is 49.6 Å². The molecule has 0 aliphatic carbocycles. The molecule has 2 rings (SSSR count). The fourth-order valence-electron chi connectivity index (χ4n) is 3.65. The summed E-state index contributed by atoms with van der Waals surface area (Å²) in [6.45, 7) is 14.5. The number of likely N-dealkylation sites (N-methyl/N-ethyl adjacent to an activating group) is 1. The average Bonchev–Trinajstić information content (AvgIpc) is 2.98. The highest BCUT2D eigenvalue weighted by Gasteiger charge is 2.27. The van der Waals surface area contributed by atoms with Gasteiger partial charge in [-0.25, -0.2) is 4.79 Å². The molecule has 0 saturated carbocycles. The second kappa shape index (κ2) is 10.3. The Bertz CT molecular complexity index is 811. The molecule has 2 heterocycles. The zero-order valence-electron chi connectivity index (χ0n) is 18.2. The third kappa shape index (κ3) is 5.48. The lowest BCUT2D eigenvalue weighted by Crippen LogP contribution is -2.51. The van der Waals surface area contributed by atoms with Crippen molar-refractivity contribution in [1.82, 2.24) is 14.4 Å². The number of carbonyl (C=O) groups is 2.